The minimum atomic E-state index is 0.0536. The Balaban J connectivity index is 3.26. The molecule has 0 heterocycles. The summed E-state index contributed by atoms with van der Waals surface area (Å²) >= 11 is 0. The van der Waals surface area contributed by atoms with E-state index in [1.54, 1.807) is 0 Å². The molecule has 12 heavy (non-hydrogen) atoms. The minimum Gasteiger partial charge on any atom is -0.330 e. The molecule has 2 atom stereocenters. The summed E-state index contributed by atoms with van der Waals surface area (Å²) in [6.07, 6.45) is 3.96. The first-order chi connectivity index (χ1) is 5.70. The molecule has 4 nitrogen and oxygen atoms in total. The van der Waals surface area contributed by atoms with Crippen molar-refractivity contribution in [3.05, 3.63) is 0 Å². The maximum absolute atomic E-state index is 5.81. The van der Waals surface area contributed by atoms with E-state index in [0.717, 1.165) is 32.2 Å². The topological polar surface area (TPSA) is 104 Å². The Morgan fingerprint density at radius 3 is 2.08 bits per heavy atom. The fourth-order valence-corrected chi connectivity index (χ4v) is 1.15. The molecule has 0 fully saturated rings. The van der Waals surface area contributed by atoms with Crippen molar-refractivity contribution in [1.82, 2.24) is 0 Å². The lowest BCUT2D eigenvalue weighted by Gasteiger charge is -2.15. The van der Waals surface area contributed by atoms with Gasteiger partial charge in [0.25, 0.3) is 0 Å². The smallest absolute Gasteiger partial charge is 0.0177 e. The second-order valence-corrected chi connectivity index (χ2v) is 3.28. The van der Waals surface area contributed by atoms with Crippen molar-refractivity contribution in [2.45, 2.75) is 37.8 Å². The lowest BCUT2D eigenvalue weighted by molar-refractivity contribution is 0.483. The molecule has 0 aliphatic carbocycles. The van der Waals surface area contributed by atoms with Crippen LogP contribution >= 0.6 is 0 Å². The normalized spacial score (nSPS) is 16.0. The fraction of sp³-hybridized carbons (Fsp3) is 1.00. The molecule has 74 valence electrons. The van der Waals surface area contributed by atoms with Crippen LogP contribution in [0.5, 0.6) is 0 Å². The molecule has 2 unspecified atom stereocenters. The number of hydrogen-bond donors (Lipinski definition) is 4. The Morgan fingerprint density at radius 2 is 1.58 bits per heavy atom. The molecule has 0 spiro atoms. The first-order valence-corrected chi connectivity index (χ1v) is 4.62. The molecule has 0 saturated heterocycles. The summed E-state index contributed by atoms with van der Waals surface area (Å²) in [5.41, 5.74) is 22.2. The highest BCUT2D eigenvalue weighted by Crippen LogP contribution is 2.02. The van der Waals surface area contributed by atoms with Crippen LogP contribution in [0.3, 0.4) is 0 Å². The van der Waals surface area contributed by atoms with Crippen LogP contribution in [0.25, 0.3) is 0 Å². The van der Waals surface area contributed by atoms with Gasteiger partial charge in [0, 0.05) is 18.6 Å². The van der Waals surface area contributed by atoms with Gasteiger partial charge in [-0.1, -0.05) is 6.42 Å². The zero-order chi connectivity index (χ0) is 9.40. The van der Waals surface area contributed by atoms with Gasteiger partial charge in [0.2, 0.25) is 0 Å². The van der Waals surface area contributed by atoms with E-state index in [-0.39, 0.29) is 12.1 Å². The highest BCUT2D eigenvalue weighted by molar-refractivity contribution is 4.71. The summed E-state index contributed by atoms with van der Waals surface area (Å²) in [6, 6.07) is 0.243. The number of nitrogens with two attached hydrogens (primary N) is 4. The number of unbranched alkanes of at least 4 members (excludes halogenated alkanes) is 1. The van der Waals surface area contributed by atoms with E-state index < -0.39 is 0 Å². The highest BCUT2D eigenvalue weighted by atomic mass is 14.7. The maximum Gasteiger partial charge on any atom is 0.0177 e. The van der Waals surface area contributed by atoms with Crippen molar-refractivity contribution >= 4 is 0 Å². The molecule has 0 saturated carbocycles. The first-order valence-electron chi connectivity index (χ1n) is 4.62. The molecule has 0 aliphatic heterocycles. The van der Waals surface area contributed by atoms with Crippen molar-refractivity contribution in [1.29, 1.82) is 0 Å². The van der Waals surface area contributed by atoms with E-state index in [0.29, 0.717) is 6.54 Å². The van der Waals surface area contributed by atoms with Gasteiger partial charge in [0.1, 0.15) is 0 Å². The third-order valence-electron chi connectivity index (χ3n) is 1.94. The number of hydrogen-bond acceptors (Lipinski definition) is 4. The minimum absolute atomic E-state index is 0.0536. The predicted octanol–water partition coefficient (Wildman–Crippen LogP) is -0.881. The monoisotopic (exact) mass is 174 g/mol. The van der Waals surface area contributed by atoms with E-state index in [1.807, 2.05) is 0 Å². The largest absolute Gasteiger partial charge is 0.330 e. The molecule has 0 amide bonds. The molecule has 0 aliphatic rings. The molecule has 0 radical (unpaired) electrons. The third-order valence-corrected chi connectivity index (χ3v) is 1.94. The summed E-state index contributed by atoms with van der Waals surface area (Å²) in [7, 11) is 0. The van der Waals surface area contributed by atoms with Crippen molar-refractivity contribution in [2.75, 3.05) is 13.1 Å². The molecule has 8 N–H and O–H groups in total. The van der Waals surface area contributed by atoms with E-state index in [1.165, 1.54) is 0 Å². The Hall–Kier alpha value is -0.160. The van der Waals surface area contributed by atoms with Crippen LogP contribution in [-0.2, 0) is 0 Å². The Labute approximate surface area is 74.7 Å². The second kappa shape index (κ2) is 7.49. The van der Waals surface area contributed by atoms with Gasteiger partial charge >= 0.3 is 0 Å². The highest BCUT2D eigenvalue weighted by Gasteiger charge is 2.06. The van der Waals surface area contributed by atoms with Gasteiger partial charge < -0.3 is 22.9 Å². The predicted molar refractivity (Wildman–Crippen MR) is 52.5 cm³/mol. The Morgan fingerprint density at radius 1 is 0.917 bits per heavy atom. The van der Waals surface area contributed by atoms with Crippen molar-refractivity contribution in [3.8, 4) is 0 Å². The number of rotatable bonds is 7. The van der Waals surface area contributed by atoms with Crippen molar-refractivity contribution in [2.24, 2.45) is 22.9 Å². The van der Waals surface area contributed by atoms with Gasteiger partial charge in [-0.3, -0.25) is 0 Å². The first kappa shape index (κ1) is 11.8. The summed E-state index contributed by atoms with van der Waals surface area (Å²) < 4.78 is 0. The molecule has 0 aromatic rings. The van der Waals surface area contributed by atoms with Gasteiger partial charge in [0.15, 0.2) is 0 Å². The zero-order valence-electron chi connectivity index (χ0n) is 7.71. The molecule has 0 rings (SSSR count). The summed E-state index contributed by atoms with van der Waals surface area (Å²) in [6.45, 7) is 1.26. The lowest BCUT2D eigenvalue weighted by atomic mass is 10.0. The van der Waals surface area contributed by atoms with Crippen molar-refractivity contribution in [3.63, 3.8) is 0 Å². The standard InChI is InChI=1S/C8H22N4/c9-4-2-1-3-7(11)5-8(12)6-10/h7-8H,1-6,9-12H2. The van der Waals surface area contributed by atoms with E-state index in [4.69, 9.17) is 22.9 Å². The van der Waals surface area contributed by atoms with Gasteiger partial charge in [0.05, 0.1) is 0 Å². The summed E-state index contributed by atoms with van der Waals surface area (Å²) in [5.74, 6) is 0. The SMILES string of the molecule is NCCCCC(N)CC(N)CN. The molecular weight excluding hydrogens is 152 g/mol. The average molecular weight is 174 g/mol. The van der Waals surface area contributed by atoms with Crippen LogP contribution in [0, 0.1) is 0 Å². The fourth-order valence-electron chi connectivity index (χ4n) is 1.15. The van der Waals surface area contributed by atoms with Crippen LogP contribution in [0.2, 0.25) is 0 Å². The van der Waals surface area contributed by atoms with Crippen LogP contribution in [0.15, 0.2) is 0 Å². The Bertz CT molecular complexity index is 97.1. The quantitative estimate of drug-likeness (QED) is 0.376. The summed E-state index contributed by atoms with van der Waals surface area (Å²) in [5, 5.41) is 0. The molecule has 0 aromatic carbocycles. The second-order valence-electron chi connectivity index (χ2n) is 3.28. The van der Waals surface area contributed by atoms with E-state index in [2.05, 4.69) is 0 Å². The maximum atomic E-state index is 5.81. The van der Waals surface area contributed by atoms with Crippen molar-refractivity contribution < 1.29 is 0 Å². The van der Waals surface area contributed by atoms with Crippen LogP contribution in [0.4, 0.5) is 0 Å². The van der Waals surface area contributed by atoms with Crippen LogP contribution in [-0.4, -0.2) is 25.2 Å². The van der Waals surface area contributed by atoms with Gasteiger partial charge in [-0.2, -0.15) is 0 Å². The molecular formula is C8H22N4. The van der Waals surface area contributed by atoms with Gasteiger partial charge in [-0.25, -0.2) is 0 Å². The Kier molecular flexibility index (Phi) is 7.39. The molecule has 0 aromatic heterocycles. The van der Waals surface area contributed by atoms with Crippen LogP contribution in [0.1, 0.15) is 25.7 Å². The van der Waals surface area contributed by atoms with Gasteiger partial charge in [-0.15, -0.1) is 0 Å². The van der Waals surface area contributed by atoms with E-state index in [9.17, 15) is 0 Å². The average Bonchev–Trinajstić information content (AvgIpc) is 2.05. The summed E-state index contributed by atoms with van der Waals surface area (Å²) in [4.78, 5) is 0. The molecule has 0 bridgehead atoms. The van der Waals surface area contributed by atoms with Gasteiger partial charge in [-0.05, 0) is 25.8 Å². The van der Waals surface area contributed by atoms with Crippen LogP contribution < -0.4 is 22.9 Å². The lowest BCUT2D eigenvalue weighted by Crippen LogP contribution is -2.36. The molecule has 4 heteroatoms. The third kappa shape index (κ3) is 6.54. The zero-order valence-corrected chi connectivity index (χ0v) is 7.71. The van der Waals surface area contributed by atoms with E-state index >= 15 is 0 Å².